The molecular formula is C21H22N2OS. The van der Waals surface area contributed by atoms with Crippen LogP contribution in [0.15, 0.2) is 72.1 Å². The van der Waals surface area contributed by atoms with E-state index in [1.165, 1.54) is 10.4 Å². The van der Waals surface area contributed by atoms with Gasteiger partial charge >= 0.3 is 0 Å². The molecule has 128 valence electrons. The van der Waals surface area contributed by atoms with Gasteiger partial charge in [0, 0.05) is 17.1 Å². The number of thiophene rings is 1. The Labute approximate surface area is 152 Å². The first-order valence-electron chi connectivity index (χ1n) is 8.28. The van der Waals surface area contributed by atoms with Crippen molar-refractivity contribution in [3.63, 3.8) is 0 Å². The first kappa shape index (κ1) is 17.4. The van der Waals surface area contributed by atoms with Crippen molar-refractivity contribution in [2.45, 2.75) is 19.5 Å². The Kier molecular flexibility index (Phi) is 5.64. The highest BCUT2D eigenvalue weighted by atomic mass is 32.1. The van der Waals surface area contributed by atoms with E-state index in [0.717, 1.165) is 17.8 Å². The van der Waals surface area contributed by atoms with Crippen molar-refractivity contribution < 1.29 is 4.79 Å². The second kappa shape index (κ2) is 8.10. The maximum absolute atomic E-state index is 13.0. The highest BCUT2D eigenvalue weighted by molar-refractivity contribution is 7.09. The molecule has 1 N–H and O–H groups in total. The Balaban J connectivity index is 1.82. The zero-order valence-corrected chi connectivity index (χ0v) is 15.3. The molecule has 0 saturated carbocycles. The van der Waals surface area contributed by atoms with E-state index < -0.39 is 0 Å². The average molecular weight is 350 g/mol. The molecule has 2 aromatic carbocycles. The van der Waals surface area contributed by atoms with Crippen molar-refractivity contribution >= 4 is 22.9 Å². The van der Waals surface area contributed by atoms with Gasteiger partial charge in [-0.25, -0.2) is 0 Å². The van der Waals surface area contributed by atoms with Crippen molar-refractivity contribution in [2.24, 2.45) is 0 Å². The number of likely N-dealkylation sites (N-methyl/N-ethyl adjacent to an activating group) is 1. The first-order chi connectivity index (χ1) is 12.1. The van der Waals surface area contributed by atoms with E-state index in [-0.39, 0.29) is 11.9 Å². The minimum absolute atomic E-state index is 0.0193. The van der Waals surface area contributed by atoms with E-state index in [1.54, 1.807) is 11.3 Å². The average Bonchev–Trinajstić information content (AvgIpc) is 3.11. The van der Waals surface area contributed by atoms with Gasteiger partial charge < -0.3 is 5.32 Å². The van der Waals surface area contributed by atoms with Crippen LogP contribution in [-0.4, -0.2) is 17.9 Å². The van der Waals surface area contributed by atoms with E-state index in [4.69, 9.17) is 0 Å². The normalized spacial score (nSPS) is 12.1. The standard InChI is InChI=1S/C21H22N2OS/c1-16-10-12-18(13-11-16)22-21(24)20(17-7-4-3-5-8-17)23(2)15-19-9-6-14-25-19/h3-14,20H,15H2,1-2H3,(H,22,24)/t20-/m1/s1. The third kappa shape index (κ3) is 4.56. The number of benzene rings is 2. The molecule has 1 heterocycles. The summed E-state index contributed by atoms with van der Waals surface area (Å²) in [6, 6.07) is 21.6. The van der Waals surface area contributed by atoms with Crippen LogP contribution < -0.4 is 5.32 Å². The summed E-state index contributed by atoms with van der Waals surface area (Å²) in [5.41, 5.74) is 2.99. The second-order valence-corrected chi connectivity index (χ2v) is 7.20. The van der Waals surface area contributed by atoms with Crippen LogP contribution in [0.5, 0.6) is 0 Å². The van der Waals surface area contributed by atoms with Gasteiger partial charge in [-0.2, -0.15) is 0 Å². The minimum Gasteiger partial charge on any atom is -0.324 e. The van der Waals surface area contributed by atoms with Crippen LogP contribution in [0.2, 0.25) is 0 Å². The summed E-state index contributed by atoms with van der Waals surface area (Å²) in [7, 11) is 1.99. The van der Waals surface area contributed by atoms with Gasteiger partial charge in [-0.15, -0.1) is 11.3 Å². The molecule has 4 heteroatoms. The molecule has 0 aliphatic rings. The number of carbonyl (C=O) groups is 1. The lowest BCUT2D eigenvalue weighted by Gasteiger charge is -2.27. The molecule has 0 aliphatic carbocycles. The van der Waals surface area contributed by atoms with Crippen LogP contribution >= 0.6 is 11.3 Å². The number of rotatable bonds is 6. The zero-order valence-electron chi connectivity index (χ0n) is 14.5. The number of nitrogens with zero attached hydrogens (tertiary/aromatic N) is 1. The molecule has 0 unspecified atom stereocenters. The maximum Gasteiger partial charge on any atom is 0.246 e. The summed E-state index contributed by atoms with van der Waals surface area (Å²) in [5.74, 6) is -0.0193. The topological polar surface area (TPSA) is 32.3 Å². The SMILES string of the molecule is Cc1ccc(NC(=O)[C@@H](c2ccccc2)N(C)Cc2cccs2)cc1. The smallest absolute Gasteiger partial charge is 0.246 e. The Morgan fingerprint density at radius 1 is 1.04 bits per heavy atom. The number of hydrogen-bond donors (Lipinski definition) is 1. The molecule has 3 rings (SSSR count). The van der Waals surface area contributed by atoms with Gasteiger partial charge in [0.05, 0.1) is 0 Å². The molecule has 1 aromatic heterocycles. The van der Waals surface area contributed by atoms with Crippen LogP contribution in [0.25, 0.3) is 0 Å². The largest absolute Gasteiger partial charge is 0.324 e. The van der Waals surface area contributed by atoms with Crippen LogP contribution in [0, 0.1) is 6.92 Å². The van der Waals surface area contributed by atoms with Crippen LogP contribution in [0.1, 0.15) is 22.0 Å². The molecule has 3 nitrogen and oxygen atoms in total. The van der Waals surface area contributed by atoms with Gasteiger partial charge in [-0.1, -0.05) is 54.1 Å². The summed E-state index contributed by atoms with van der Waals surface area (Å²) in [6.45, 7) is 2.77. The van der Waals surface area contributed by atoms with Gasteiger partial charge in [0.25, 0.3) is 0 Å². The monoisotopic (exact) mass is 350 g/mol. The van der Waals surface area contributed by atoms with Crippen LogP contribution in [0.4, 0.5) is 5.69 Å². The van der Waals surface area contributed by atoms with Gasteiger partial charge in [-0.3, -0.25) is 9.69 Å². The molecule has 0 saturated heterocycles. The van der Waals surface area contributed by atoms with Crippen molar-refractivity contribution in [1.29, 1.82) is 0 Å². The highest BCUT2D eigenvalue weighted by Crippen LogP contribution is 2.24. The predicted octanol–water partition coefficient (Wildman–Crippen LogP) is 4.87. The first-order valence-corrected chi connectivity index (χ1v) is 9.16. The predicted molar refractivity (Wildman–Crippen MR) is 105 cm³/mol. The molecule has 3 aromatic rings. The van der Waals surface area contributed by atoms with Gasteiger partial charge in [0.2, 0.25) is 5.91 Å². The summed E-state index contributed by atoms with van der Waals surface area (Å²) in [5, 5.41) is 5.11. The summed E-state index contributed by atoms with van der Waals surface area (Å²) in [6.07, 6.45) is 0. The van der Waals surface area contributed by atoms with Crippen LogP contribution in [-0.2, 0) is 11.3 Å². The molecule has 1 atom stereocenters. The van der Waals surface area contributed by atoms with Crippen LogP contribution in [0.3, 0.4) is 0 Å². The number of carbonyl (C=O) groups excluding carboxylic acids is 1. The third-order valence-corrected chi connectivity index (χ3v) is 4.97. The molecule has 0 fully saturated rings. The fraction of sp³-hybridized carbons (Fsp3) is 0.190. The third-order valence-electron chi connectivity index (χ3n) is 4.11. The second-order valence-electron chi connectivity index (χ2n) is 6.16. The molecule has 1 amide bonds. The van der Waals surface area contributed by atoms with Crippen molar-refractivity contribution in [1.82, 2.24) is 4.90 Å². The zero-order chi connectivity index (χ0) is 17.6. The van der Waals surface area contributed by atoms with E-state index in [0.29, 0.717) is 0 Å². The number of nitrogens with one attached hydrogen (secondary N) is 1. The molecule has 0 radical (unpaired) electrons. The molecular weight excluding hydrogens is 328 g/mol. The lowest BCUT2D eigenvalue weighted by atomic mass is 10.0. The van der Waals surface area contributed by atoms with Gasteiger partial charge in [0.15, 0.2) is 0 Å². The molecule has 0 spiro atoms. The Morgan fingerprint density at radius 2 is 1.76 bits per heavy atom. The number of aryl methyl sites for hydroxylation is 1. The van der Waals surface area contributed by atoms with Crippen molar-refractivity contribution in [3.8, 4) is 0 Å². The number of hydrogen-bond acceptors (Lipinski definition) is 3. The van der Waals surface area contributed by atoms with Gasteiger partial charge in [0.1, 0.15) is 6.04 Å². The fourth-order valence-electron chi connectivity index (χ4n) is 2.83. The van der Waals surface area contributed by atoms with E-state index >= 15 is 0 Å². The summed E-state index contributed by atoms with van der Waals surface area (Å²) < 4.78 is 0. The van der Waals surface area contributed by atoms with Crippen molar-refractivity contribution in [2.75, 3.05) is 12.4 Å². The van der Waals surface area contributed by atoms with Gasteiger partial charge in [-0.05, 0) is 43.1 Å². The quantitative estimate of drug-likeness (QED) is 0.688. The number of anilines is 1. The van der Waals surface area contributed by atoms with E-state index in [1.807, 2.05) is 74.6 Å². The lowest BCUT2D eigenvalue weighted by molar-refractivity contribution is -0.121. The summed E-state index contributed by atoms with van der Waals surface area (Å²) >= 11 is 1.71. The highest BCUT2D eigenvalue weighted by Gasteiger charge is 2.25. The summed E-state index contributed by atoms with van der Waals surface area (Å²) in [4.78, 5) is 16.3. The molecule has 0 aliphatic heterocycles. The molecule has 0 bridgehead atoms. The van der Waals surface area contributed by atoms with Crippen molar-refractivity contribution in [3.05, 3.63) is 88.1 Å². The Bertz CT molecular complexity index is 798. The lowest BCUT2D eigenvalue weighted by Crippen LogP contribution is -2.34. The minimum atomic E-state index is -0.343. The maximum atomic E-state index is 13.0. The fourth-order valence-corrected chi connectivity index (χ4v) is 3.60. The van der Waals surface area contributed by atoms with E-state index in [9.17, 15) is 4.79 Å². The number of amides is 1. The Morgan fingerprint density at radius 3 is 2.40 bits per heavy atom. The molecule has 25 heavy (non-hydrogen) atoms. The Hall–Kier alpha value is -2.43. The van der Waals surface area contributed by atoms with E-state index in [2.05, 4.69) is 21.7 Å².